The van der Waals surface area contributed by atoms with E-state index in [1.54, 1.807) is 23.3 Å². The maximum atomic E-state index is 12.8. The van der Waals surface area contributed by atoms with Crippen molar-refractivity contribution < 1.29 is 13.9 Å². The molecule has 28 heavy (non-hydrogen) atoms. The Kier molecular flexibility index (Phi) is 6.61. The normalized spacial score (nSPS) is 10.5. The molecule has 146 valence electrons. The third kappa shape index (κ3) is 5.30. The number of hydrogen-bond donors (Lipinski definition) is 0. The third-order valence-electron chi connectivity index (χ3n) is 4.29. The summed E-state index contributed by atoms with van der Waals surface area (Å²) < 4.78 is 11.0. The van der Waals surface area contributed by atoms with Crippen LogP contribution in [0.1, 0.15) is 11.3 Å². The van der Waals surface area contributed by atoms with Crippen molar-refractivity contribution in [2.45, 2.75) is 13.1 Å². The Balaban J connectivity index is 1.70. The van der Waals surface area contributed by atoms with Crippen LogP contribution in [0.25, 0.3) is 0 Å². The first-order valence-electron chi connectivity index (χ1n) is 8.96. The Hall–Kier alpha value is -2.92. The van der Waals surface area contributed by atoms with Crippen LogP contribution in [-0.2, 0) is 17.9 Å². The minimum absolute atomic E-state index is 0.0970. The lowest BCUT2D eigenvalue weighted by atomic mass is 10.2. The van der Waals surface area contributed by atoms with Crippen molar-refractivity contribution in [3.63, 3.8) is 0 Å². The second-order valence-electron chi connectivity index (χ2n) is 6.61. The number of halogens is 1. The van der Waals surface area contributed by atoms with Crippen LogP contribution < -0.4 is 9.64 Å². The summed E-state index contributed by atoms with van der Waals surface area (Å²) in [5.41, 5.74) is 2.14. The number of ether oxygens (including phenoxy) is 1. The van der Waals surface area contributed by atoms with Gasteiger partial charge in [0.15, 0.2) is 6.61 Å². The quantitative estimate of drug-likeness (QED) is 0.556. The first-order chi connectivity index (χ1) is 13.5. The fraction of sp³-hybridized carbons (Fsp3) is 0.227. The average Bonchev–Trinajstić information content (AvgIpc) is 3.20. The van der Waals surface area contributed by atoms with Gasteiger partial charge in [-0.15, -0.1) is 0 Å². The lowest BCUT2D eigenvalue weighted by molar-refractivity contribution is -0.134. The summed E-state index contributed by atoms with van der Waals surface area (Å²) in [6.45, 7) is 0.729. The van der Waals surface area contributed by atoms with Gasteiger partial charge in [0.25, 0.3) is 5.91 Å². The number of furan rings is 1. The van der Waals surface area contributed by atoms with E-state index in [0.29, 0.717) is 23.9 Å². The molecule has 6 heteroatoms. The molecular formula is C22H23ClN2O3. The van der Waals surface area contributed by atoms with E-state index in [2.05, 4.69) is 0 Å². The van der Waals surface area contributed by atoms with Gasteiger partial charge in [0, 0.05) is 26.3 Å². The summed E-state index contributed by atoms with van der Waals surface area (Å²) >= 11 is 6.10. The molecular weight excluding hydrogens is 376 g/mol. The van der Waals surface area contributed by atoms with E-state index in [0.717, 1.165) is 17.0 Å². The van der Waals surface area contributed by atoms with Crippen molar-refractivity contribution >= 4 is 23.2 Å². The monoisotopic (exact) mass is 398 g/mol. The van der Waals surface area contributed by atoms with E-state index < -0.39 is 0 Å². The first-order valence-corrected chi connectivity index (χ1v) is 9.34. The van der Waals surface area contributed by atoms with Gasteiger partial charge in [-0.25, -0.2) is 0 Å². The fourth-order valence-corrected chi connectivity index (χ4v) is 2.93. The van der Waals surface area contributed by atoms with Crippen molar-refractivity contribution in [3.8, 4) is 5.75 Å². The average molecular weight is 399 g/mol. The summed E-state index contributed by atoms with van der Waals surface area (Å²) in [6, 6.07) is 18.9. The number of hydrogen-bond acceptors (Lipinski definition) is 4. The Morgan fingerprint density at radius 3 is 2.39 bits per heavy atom. The molecule has 0 saturated heterocycles. The third-order valence-corrected chi connectivity index (χ3v) is 4.61. The zero-order valence-corrected chi connectivity index (χ0v) is 16.7. The minimum atomic E-state index is -0.145. The van der Waals surface area contributed by atoms with Crippen LogP contribution in [0.5, 0.6) is 5.75 Å². The Morgan fingerprint density at radius 1 is 1.00 bits per heavy atom. The second kappa shape index (κ2) is 9.33. The SMILES string of the molecule is CN(C)c1ccc(CN(Cc2ccco2)C(=O)COc2ccccc2Cl)cc1. The molecule has 0 unspecified atom stereocenters. The van der Waals surface area contributed by atoms with Gasteiger partial charge >= 0.3 is 0 Å². The standard InChI is InChI=1S/C22H23ClN2O3/c1-24(2)18-11-9-17(10-12-18)14-25(15-19-6-5-13-27-19)22(26)16-28-21-8-4-3-7-20(21)23/h3-13H,14-16H2,1-2H3. The van der Waals surface area contributed by atoms with E-state index in [-0.39, 0.29) is 12.5 Å². The number of benzene rings is 2. The number of para-hydroxylation sites is 1. The number of amides is 1. The summed E-state index contributed by atoms with van der Waals surface area (Å²) in [7, 11) is 3.99. The maximum Gasteiger partial charge on any atom is 0.261 e. The number of anilines is 1. The number of nitrogens with zero attached hydrogens (tertiary/aromatic N) is 2. The molecule has 3 rings (SSSR count). The van der Waals surface area contributed by atoms with Crippen LogP contribution >= 0.6 is 11.6 Å². The van der Waals surface area contributed by atoms with E-state index in [4.69, 9.17) is 20.8 Å². The molecule has 0 atom stereocenters. The van der Waals surface area contributed by atoms with Crippen LogP contribution in [0.3, 0.4) is 0 Å². The smallest absolute Gasteiger partial charge is 0.261 e. The summed E-state index contributed by atoms with van der Waals surface area (Å²) in [5, 5.41) is 0.479. The Labute approximate surface area is 170 Å². The van der Waals surface area contributed by atoms with Gasteiger partial charge < -0.3 is 19.0 Å². The summed E-state index contributed by atoms with van der Waals surface area (Å²) in [4.78, 5) is 16.6. The molecule has 1 amide bonds. The highest BCUT2D eigenvalue weighted by Crippen LogP contribution is 2.23. The fourth-order valence-electron chi connectivity index (χ4n) is 2.74. The highest BCUT2D eigenvalue weighted by molar-refractivity contribution is 6.32. The van der Waals surface area contributed by atoms with Crippen molar-refractivity contribution in [1.29, 1.82) is 0 Å². The van der Waals surface area contributed by atoms with Gasteiger partial charge in [0.2, 0.25) is 0 Å². The van der Waals surface area contributed by atoms with Gasteiger partial charge in [-0.3, -0.25) is 4.79 Å². The van der Waals surface area contributed by atoms with Crippen molar-refractivity contribution in [2.24, 2.45) is 0 Å². The van der Waals surface area contributed by atoms with Crippen molar-refractivity contribution in [1.82, 2.24) is 4.90 Å². The molecule has 0 fully saturated rings. The summed E-state index contributed by atoms with van der Waals surface area (Å²) in [5.74, 6) is 1.06. The molecule has 0 radical (unpaired) electrons. The van der Waals surface area contributed by atoms with E-state index >= 15 is 0 Å². The van der Waals surface area contributed by atoms with Crippen molar-refractivity contribution in [2.75, 3.05) is 25.6 Å². The molecule has 1 heterocycles. The van der Waals surface area contributed by atoms with E-state index in [9.17, 15) is 4.79 Å². The predicted octanol–water partition coefficient (Wildman–Crippen LogP) is 4.61. The molecule has 0 spiro atoms. The van der Waals surface area contributed by atoms with Gasteiger partial charge in [-0.1, -0.05) is 35.9 Å². The molecule has 2 aromatic carbocycles. The number of carbonyl (C=O) groups is 1. The molecule has 0 N–H and O–H groups in total. The highest BCUT2D eigenvalue weighted by atomic mass is 35.5. The van der Waals surface area contributed by atoms with Crippen molar-refractivity contribution in [3.05, 3.63) is 83.3 Å². The zero-order valence-electron chi connectivity index (χ0n) is 16.0. The molecule has 1 aromatic heterocycles. The lowest BCUT2D eigenvalue weighted by Gasteiger charge is -2.22. The van der Waals surface area contributed by atoms with E-state index in [1.807, 2.05) is 67.5 Å². The van der Waals surface area contributed by atoms with Crippen LogP contribution in [0.15, 0.2) is 71.3 Å². The maximum absolute atomic E-state index is 12.8. The first kappa shape index (κ1) is 19.8. The lowest BCUT2D eigenvalue weighted by Crippen LogP contribution is -2.34. The number of carbonyl (C=O) groups excluding carboxylic acids is 1. The van der Waals surface area contributed by atoms with Gasteiger partial charge in [0.1, 0.15) is 11.5 Å². The molecule has 0 bridgehead atoms. The van der Waals surface area contributed by atoms with Crippen LogP contribution in [0.2, 0.25) is 5.02 Å². The minimum Gasteiger partial charge on any atom is -0.482 e. The second-order valence-corrected chi connectivity index (χ2v) is 7.02. The van der Waals surface area contributed by atoms with Gasteiger partial charge in [0.05, 0.1) is 17.8 Å². The molecule has 0 aliphatic heterocycles. The topological polar surface area (TPSA) is 45.9 Å². The largest absolute Gasteiger partial charge is 0.482 e. The molecule has 0 aliphatic rings. The van der Waals surface area contributed by atoms with Crippen LogP contribution in [0, 0.1) is 0 Å². The Bertz CT molecular complexity index is 892. The Morgan fingerprint density at radius 2 is 1.75 bits per heavy atom. The highest BCUT2D eigenvalue weighted by Gasteiger charge is 2.17. The summed E-state index contributed by atoms with van der Waals surface area (Å²) in [6.07, 6.45) is 1.60. The number of rotatable bonds is 8. The predicted molar refractivity (Wildman–Crippen MR) is 111 cm³/mol. The van der Waals surface area contributed by atoms with Gasteiger partial charge in [-0.2, -0.15) is 0 Å². The van der Waals surface area contributed by atoms with Crippen LogP contribution in [-0.4, -0.2) is 31.5 Å². The molecule has 3 aromatic rings. The van der Waals surface area contributed by atoms with E-state index in [1.165, 1.54) is 0 Å². The molecule has 5 nitrogen and oxygen atoms in total. The molecule has 0 saturated carbocycles. The van der Waals surface area contributed by atoms with Gasteiger partial charge in [-0.05, 0) is 42.0 Å². The zero-order chi connectivity index (χ0) is 19.9. The molecule has 0 aliphatic carbocycles. The van der Waals surface area contributed by atoms with Crippen LogP contribution in [0.4, 0.5) is 5.69 Å².